The summed E-state index contributed by atoms with van der Waals surface area (Å²) in [6.07, 6.45) is 6.12. The van der Waals surface area contributed by atoms with E-state index < -0.39 is 0 Å². The molecule has 164 valence electrons. The van der Waals surface area contributed by atoms with E-state index in [0.717, 1.165) is 89.3 Å². The van der Waals surface area contributed by atoms with Gasteiger partial charge in [-0.2, -0.15) is 0 Å². The van der Waals surface area contributed by atoms with E-state index in [0.29, 0.717) is 0 Å². The molecule has 0 atom stereocenters. The predicted molar refractivity (Wildman–Crippen MR) is 122 cm³/mol. The Morgan fingerprint density at radius 2 is 1.90 bits per heavy atom. The zero-order valence-electron chi connectivity index (χ0n) is 18.5. The molecule has 1 aromatic carbocycles. The van der Waals surface area contributed by atoms with Crippen molar-refractivity contribution >= 4 is 5.96 Å². The van der Waals surface area contributed by atoms with Gasteiger partial charge in [0.25, 0.3) is 0 Å². The van der Waals surface area contributed by atoms with Crippen molar-refractivity contribution in [1.82, 2.24) is 24.7 Å². The third kappa shape index (κ3) is 7.06. The molecule has 30 heavy (non-hydrogen) atoms. The molecule has 7 heteroatoms. The number of ether oxygens (including phenoxy) is 1. The van der Waals surface area contributed by atoms with Gasteiger partial charge in [0.15, 0.2) is 5.96 Å². The Balaban J connectivity index is 1.35. The summed E-state index contributed by atoms with van der Waals surface area (Å²) in [5, 5.41) is 3.46. The van der Waals surface area contributed by atoms with Crippen LogP contribution in [0.3, 0.4) is 0 Å². The van der Waals surface area contributed by atoms with Gasteiger partial charge < -0.3 is 19.5 Å². The molecule has 1 N–H and O–H groups in total. The minimum absolute atomic E-state index is 0.731. The maximum Gasteiger partial charge on any atom is 0.194 e. The maximum absolute atomic E-state index is 5.83. The van der Waals surface area contributed by atoms with Crippen LogP contribution in [0.1, 0.15) is 25.6 Å². The predicted octanol–water partition coefficient (Wildman–Crippen LogP) is 2.63. The number of nitrogens with one attached hydrogen (secondary N) is 1. The molecule has 3 rings (SSSR count). The first kappa shape index (κ1) is 22.2. The molecule has 0 amide bonds. The van der Waals surface area contributed by atoms with E-state index in [9.17, 15) is 0 Å². The molecule has 0 spiro atoms. The second-order valence-corrected chi connectivity index (χ2v) is 7.60. The SMILES string of the molecule is CCNC(=NCCCCn1ccnc1C)N1CCN(CCOc2ccccc2)CC1. The van der Waals surface area contributed by atoms with Crippen LogP contribution >= 0.6 is 0 Å². The number of unbranched alkanes of at least 4 members (excludes halogenated alkanes) is 1. The Morgan fingerprint density at radius 3 is 2.60 bits per heavy atom. The molecule has 0 aliphatic carbocycles. The summed E-state index contributed by atoms with van der Waals surface area (Å²) in [7, 11) is 0. The van der Waals surface area contributed by atoms with E-state index in [1.807, 2.05) is 42.7 Å². The van der Waals surface area contributed by atoms with Crippen LogP contribution in [0.25, 0.3) is 0 Å². The number of aromatic nitrogens is 2. The Bertz CT molecular complexity index is 752. The topological polar surface area (TPSA) is 57.9 Å². The molecule has 1 fully saturated rings. The quantitative estimate of drug-likeness (QED) is 0.369. The number of hydrogen-bond acceptors (Lipinski definition) is 4. The monoisotopic (exact) mass is 412 g/mol. The van der Waals surface area contributed by atoms with Crippen LogP contribution in [0.5, 0.6) is 5.75 Å². The van der Waals surface area contributed by atoms with Crippen molar-refractivity contribution < 1.29 is 4.74 Å². The van der Waals surface area contributed by atoms with Crippen LogP contribution in [0.15, 0.2) is 47.7 Å². The summed E-state index contributed by atoms with van der Waals surface area (Å²) in [6.45, 7) is 12.8. The van der Waals surface area contributed by atoms with Crippen LogP contribution in [-0.2, 0) is 6.54 Å². The molecular formula is C23H36N6O. The Morgan fingerprint density at radius 1 is 1.10 bits per heavy atom. The fraction of sp³-hybridized carbons (Fsp3) is 0.565. The van der Waals surface area contributed by atoms with Crippen LogP contribution in [0.2, 0.25) is 0 Å². The van der Waals surface area contributed by atoms with Gasteiger partial charge in [0.2, 0.25) is 0 Å². The van der Waals surface area contributed by atoms with E-state index in [1.54, 1.807) is 0 Å². The maximum atomic E-state index is 5.83. The van der Waals surface area contributed by atoms with Crippen molar-refractivity contribution in [3.8, 4) is 5.75 Å². The van der Waals surface area contributed by atoms with Crippen LogP contribution in [0.4, 0.5) is 0 Å². The van der Waals surface area contributed by atoms with Crippen LogP contribution in [-0.4, -0.2) is 77.7 Å². The Labute approximate surface area is 180 Å². The lowest BCUT2D eigenvalue weighted by Crippen LogP contribution is -2.53. The largest absolute Gasteiger partial charge is 0.492 e. The van der Waals surface area contributed by atoms with E-state index in [-0.39, 0.29) is 0 Å². The van der Waals surface area contributed by atoms with Crippen LogP contribution < -0.4 is 10.1 Å². The second-order valence-electron chi connectivity index (χ2n) is 7.60. The Hall–Kier alpha value is -2.54. The summed E-state index contributed by atoms with van der Waals surface area (Å²) in [5.74, 6) is 3.08. The minimum Gasteiger partial charge on any atom is -0.492 e. The van der Waals surface area contributed by atoms with Crippen molar-refractivity contribution in [2.24, 2.45) is 4.99 Å². The second kappa shape index (κ2) is 12.2. The molecule has 7 nitrogen and oxygen atoms in total. The Kier molecular flexibility index (Phi) is 9.03. The van der Waals surface area contributed by atoms with Gasteiger partial charge >= 0.3 is 0 Å². The molecule has 0 bridgehead atoms. The van der Waals surface area contributed by atoms with Crippen molar-refractivity contribution in [3.05, 3.63) is 48.5 Å². The number of hydrogen-bond donors (Lipinski definition) is 1. The average Bonchev–Trinajstić information content (AvgIpc) is 3.19. The number of benzene rings is 1. The van der Waals surface area contributed by atoms with Gasteiger partial charge in [-0.1, -0.05) is 18.2 Å². The number of rotatable bonds is 10. The van der Waals surface area contributed by atoms with Gasteiger partial charge in [-0.25, -0.2) is 4.98 Å². The number of aliphatic imine (C=N–C) groups is 1. The molecular weight excluding hydrogens is 376 g/mol. The zero-order valence-corrected chi connectivity index (χ0v) is 18.5. The van der Waals surface area contributed by atoms with Crippen molar-refractivity contribution in [3.63, 3.8) is 0 Å². The lowest BCUT2D eigenvalue weighted by atomic mass is 10.3. The first-order chi connectivity index (χ1) is 14.8. The third-order valence-electron chi connectivity index (χ3n) is 5.42. The van der Waals surface area contributed by atoms with E-state index >= 15 is 0 Å². The molecule has 1 aromatic heterocycles. The normalized spacial score (nSPS) is 15.4. The van der Waals surface area contributed by atoms with Gasteiger partial charge in [0.1, 0.15) is 18.2 Å². The van der Waals surface area contributed by atoms with Gasteiger partial charge in [-0.05, 0) is 38.8 Å². The molecule has 2 heterocycles. The van der Waals surface area contributed by atoms with Crippen LogP contribution in [0, 0.1) is 6.92 Å². The van der Waals surface area contributed by atoms with E-state index in [4.69, 9.17) is 9.73 Å². The fourth-order valence-corrected chi connectivity index (χ4v) is 3.64. The minimum atomic E-state index is 0.731. The van der Waals surface area contributed by atoms with E-state index in [1.165, 1.54) is 0 Å². The lowest BCUT2D eigenvalue weighted by Gasteiger charge is -2.36. The zero-order chi connectivity index (χ0) is 21.0. The number of nitrogens with zero attached hydrogens (tertiary/aromatic N) is 5. The van der Waals surface area contributed by atoms with Gasteiger partial charge in [0.05, 0.1) is 0 Å². The average molecular weight is 413 g/mol. The third-order valence-corrected chi connectivity index (χ3v) is 5.42. The molecule has 1 saturated heterocycles. The number of imidazole rings is 1. The summed E-state index contributed by atoms with van der Waals surface area (Å²) >= 11 is 0. The van der Waals surface area contributed by atoms with Gasteiger partial charge in [0, 0.05) is 64.8 Å². The van der Waals surface area contributed by atoms with Gasteiger partial charge in [-0.3, -0.25) is 9.89 Å². The fourth-order valence-electron chi connectivity index (χ4n) is 3.64. The smallest absolute Gasteiger partial charge is 0.194 e. The first-order valence-corrected chi connectivity index (χ1v) is 11.2. The standard InChI is InChI=1S/C23H36N6O/c1-3-24-23(26-11-7-8-13-28-14-12-25-21(28)2)29-17-15-27(16-18-29)19-20-30-22-9-5-4-6-10-22/h4-6,9-10,12,14H,3,7-8,11,13,15-20H2,1-2H3,(H,24,26). The highest BCUT2D eigenvalue weighted by Crippen LogP contribution is 2.09. The van der Waals surface area contributed by atoms with E-state index in [2.05, 4.69) is 38.5 Å². The van der Waals surface area contributed by atoms with Gasteiger partial charge in [-0.15, -0.1) is 0 Å². The van der Waals surface area contributed by atoms with Crippen molar-refractivity contribution in [2.45, 2.75) is 33.2 Å². The highest BCUT2D eigenvalue weighted by Gasteiger charge is 2.19. The highest BCUT2D eigenvalue weighted by molar-refractivity contribution is 5.80. The number of piperazine rings is 1. The molecule has 1 aliphatic rings. The highest BCUT2D eigenvalue weighted by atomic mass is 16.5. The number of guanidine groups is 1. The summed E-state index contributed by atoms with van der Waals surface area (Å²) in [6, 6.07) is 10.0. The first-order valence-electron chi connectivity index (χ1n) is 11.2. The van der Waals surface area contributed by atoms with Crippen molar-refractivity contribution in [2.75, 3.05) is 52.4 Å². The lowest BCUT2D eigenvalue weighted by molar-refractivity contribution is 0.152. The summed E-state index contributed by atoms with van der Waals surface area (Å²) in [5.41, 5.74) is 0. The molecule has 1 aliphatic heterocycles. The number of para-hydroxylation sites is 1. The molecule has 0 radical (unpaired) electrons. The summed E-state index contributed by atoms with van der Waals surface area (Å²) in [4.78, 5) is 14.0. The molecule has 0 saturated carbocycles. The number of aryl methyl sites for hydroxylation is 2. The summed E-state index contributed by atoms with van der Waals surface area (Å²) < 4.78 is 8.04. The van der Waals surface area contributed by atoms with Crippen molar-refractivity contribution in [1.29, 1.82) is 0 Å². The molecule has 0 unspecified atom stereocenters. The molecule has 2 aromatic rings.